The van der Waals surface area contributed by atoms with Crippen molar-refractivity contribution in [1.82, 2.24) is 0 Å². The van der Waals surface area contributed by atoms with Crippen molar-refractivity contribution in [3.63, 3.8) is 0 Å². The molecule has 5 heteroatoms. The third kappa shape index (κ3) is 5.33. The molecule has 0 amide bonds. The highest BCUT2D eigenvalue weighted by molar-refractivity contribution is 8.77. The van der Waals surface area contributed by atoms with E-state index >= 15 is 0 Å². The van der Waals surface area contributed by atoms with Gasteiger partial charge >= 0.3 is 0 Å². The van der Waals surface area contributed by atoms with Crippen LogP contribution < -0.4 is 0 Å². The topological polar surface area (TPSA) is 0 Å². The Morgan fingerprint density at radius 1 is 1.25 bits per heavy atom. The van der Waals surface area contributed by atoms with Crippen LogP contribution in [0.2, 0.25) is 0 Å². The number of alkyl halides is 3. The van der Waals surface area contributed by atoms with Crippen molar-refractivity contribution in [2.75, 3.05) is 5.75 Å². The van der Waals surface area contributed by atoms with E-state index in [0.29, 0.717) is 5.92 Å². The summed E-state index contributed by atoms with van der Waals surface area (Å²) >= 11 is 17.5. The summed E-state index contributed by atoms with van der Waals surface area (Å²) in [6.07, 6.45) is 0. The third-order valence-electron chi connectivity index (χ3n) is 1.22. The average Bonchev–Trinajstić information content (AvgIpc) is 1.84. The minimum Gasteiger partial charge on any atom is -0.0940 e. The molecule has 0 nitrogen and oxygen atoms in total. The maximum absolute atomic E-state index is 5.83. The molecule has 1 atom stereocenters. The highest BCUT2D eigenvalue weighted by Gasteiger charge is 2.35. The van der Waals surface area contributed by atoms with Crippen molar-refractivity contribution in [2.45, 2.75) is 29.8 Å². The lowest BCUT2D eigenvalue weighted by Crippen LogP contribution is -2.26. The Bertz CT molecular complexity index is 122. The lowest BCUT2D eigenvalue weighted by atomic mass is 10.1. The first-order valence-electron chi connectivity index (χ1n) is 3.74. The SMILES string of the molecule is CCSSC(C(C)C)C(Cl)(Cl)Cl. The molecule has 0 aromatic heterocycles. The molecule has 0 aromatic rings. The predicted octanol–water partition coefficient (Wildman–Crippen LogP) is 4.78. The number of halogens is 3. The molecule has 0 aliphatic carbocycles. The second kappa shape index (κ2) is 6.13. The highest BCUT2D eigenvalue weighted by atomic mass is 35.6. The lowest BCUT2D eigenvalue weighted by molar-refractivity contribution is 0.617. The summed E-state index contributed by atoms with van der Waals surface area (Å²) in [5, 5.41) is 0.0625. The zero-order chi connectivity index (χ0) is 9.78. The molecule has 0 spiro atoms. The van der Waals surface area contributed by atoms with E-state index in [1.54, 1.807) is 21.6 Å². The van der Waals surface area contributed by atoms with Gasteiger partial charge in [0.05, 0.1) is 5.25 Å². The van der Waals surface area contributed by atoms with Gasteiger partial charge in [-0.2, -0.15) is 0 Å². The van der Waals surface area contributed by atoms with Crippen LogP contribution in [-0.4, -0.2) is 14.8 Å². The smallest absolute Gasteiger partial charge is 0.0940 e. The molecular weight excluding hydrogens is 255 g/mol. The molecule has 0 radical (unpaired) electrons. The Morgan fingerprint density at radius 3 is 2.00 bits per heavy atom. The first-order chi connectivity index (χ1) is 5.39. The van der Waals surface area contributed by atoms with Crippen LogP contribution in [0.3, 0.4) is 0 Å². The number of hydrogen-bond acceptors (Lipinski definition) is 2. The molecule has 0 saturated heterocycles. The Balaban J connectivity index is 4.05. The molecule has 0 saturated carbocycles. The molecular formula is C7H13Cl3S2. The first-order valence-corrected chi connectivity index (χ1v) is 7.26. The standard InChI is InChI=1S/C7H13Cl3S2/c1-4-11-12-6(5(2)3)7(8,9)10/h5-6H,4H2,1-3H3. The van der Waals surface area contributed by atoms with Gasteiger partial charge in [0.15, 0.2) is 0 Å². The van der Waals surface area contributed by atoms with Gasteiger partial charge in [0.2, 0.25) is 3.79 Å². The van der Waals surface area contributed by atoms with Crippen LogP contribution >= 0.6 is 56.4 Å². The van der Waals surface area contributed by atoms with Crippen LogP contribution in [0.15, 0.2) is 0 Å². The minimum absolute atomic E-state index is 0.0625. The van der Waals surface area contributed by atoms with Gasteiger partial charge in [0.1, 0.15) is 0 Å². The van der Waals surface area contributed by atoms with Crippen LogP contribution in [0.25, 0.3) is 0 Å². The summed E-state index contributed by atoms with van der Waals surface area (Å²) < 4.78 is -1.15. The maximum atomic E-state index is 5.83. The molecule has 0 N–H and O–H groups in total. The zero-order valence-corrected chi connectivity index (χ0v) is 11.2. The van der Waals surface area contributed by atoms with Crippen LogP contribution in [0, 0.1) is 5.92 Å². The second-order valence-electron chi connectivity index (χ2n) is 2.71. The molecule has 0 aromatic carbocycles. The Labute approximate surface area is 97.5 Å². The van der Waals surface area contributed by atoms with Gasteiger partial charge in [0, 0.05) is 5.75 Å². The van der Waals surface area contributed by atoms with Crippen molar-refractivity contribution < 1.29 is 0 Å². The van der Waals surface area contributed by atoms with Gasteiger partial charge in [0.25, 0.3) is 0 Å². The number of rotatable bonds is 4. The Hall–Kier alpha value is 1.57. The predicted molar refractivity (Wildman–Crippen MR) is 64.6 cm³/mol. The van der Waals surface area contributed by atoms with Gasteiger partial charge in [-0.3, -0.25) is 0 Å². The Kier molecular flexibility index (Phi) is 6.93. The highest BCUT2D eigenvalue weighted by Crippen LogP contribution is 2.45. The van der Waals surface area contributed by atoms with E-state index in [1.807, 2.05) is 0 Å². The van der Waals surface area contributed by atoms with E-state index < -0.39 is 3.79 Å². The van der Waals surface area contributed by atoms with E-state index in [0.717, 1.165) is 5.75 Å². The van der Waals surface area contributed by atoms with Gasteiger partial charge in [-0.1, -0.05) is 77.2 Å². The van der Waals surface area contributed by atoms with E-state index in [1.165, 1.54) is 0 Å². The summed E-state index contributed by atoms with van der Waals surface area (Å²) in [5.41, 5.74) is 0. The average molecular weight is 268 g/mol. The molecule has 0 aliphatic rings. The molecule has 74 valence electrons. The fourth-order valence-electron chi connectivity index (χ4n) is 0.685. The molecule has 0 fully saturated rings. The molecule has 0 rings (SSSR count). The van der Waals surface area contributed by atoms with Gasteiger partial charge < -0.3 is 0 Å². The normalized spacial score (nSPS) is 15.2. The summed E-state index contributed by atoms with van der Waals surface area (Å²) in [6, 6.07) is 0. The van der Waals surface area contributed by atoms with Gasteiger partial charge in [-0.25, -0.2) is 0 Å². The maximum Gasteiger partial charge on any atom is 0.203 e. The summed E-state index contributed by atoms with van der Waals surface area (Å²) in [5.74, 6) is 1.41. The van der Waals surface area contributed by atoms with Crippen LogP contribution in [0.5, 0.6) is 0 Å². The Morgan fingerprint density at radius 2 is 1.75 bits per heavy atom. The molecule has 12 heavy (non-hydrogen) atoms. The van der Waals surface area contributed by atoms with Crippen LogP contribution in [0.4, 0.5) is 0 Å². The number of hydrogen-bond donors (Lipinski definition) is 0. The van der Waals surface area contributed by atoms with Crippen molar-refractivity contribution in [3.8, 4) is 0 Å². The van der Waals surface area contributed by atoms with Crippen LogP contribution in [-0.2, 0) is 0 Å². The van der Waals surface area contributed by atoms with E-state index in [9.17, 15) is 0 Å². The van der Waals surface area contributed by atoms with Crippen molar-refractivity contribution >= 4 is 56.4 Å². The molecule has 1 unspecified atom stereocenters. The van der Waals surface area contributed by atoms with Crippen molar-refractivity contribution in [2.24, 2.45) is 5.92 Å². The van der Waals surface area contributed by atoms with E-state index in [-0.39, 0.29) is 5.25 Å². The van der Waals surface area contributed by atoms with Crippen molar-refractivity contribution in [3.05, 3.63) is 0 Å². The fraction of sp³-hybridized carbons (Fsp3) is 1.00. The van der Waals surface area contributed by atoms with Crippen LogP contribution in [0.1, 0.15) is 20.8 Å². The quantitative estimate of drug-likeness (QED) is 0.531. The van der Waals surface area contributed by atoms with Crippen molar-refractivity contribution in [1.29, 1.82) is 0 Å². The largest absolute Gasteiger partial charge is 0.203 e. The molecule has 0 heterocycles. The lowest BCUT2D eigenvalue weighted by Gasteiger charge is -2.26. The van der Waals surface area contributed by atoms with E-state index in [4.69, 9.17) is 34.8 Å². The second-order valence-corrected chi connectivity index (χ2v) is 7.88. The monoisotopic (exact) mass is 266 g/mol. The molecule has 0 aliphatic heterocycles. The minimum atomic E-state index is -1.15. The van der Waals surface area contributed by atoms with E-state index in [2.05, 4.69) is 20.8 Å². The summed E-state index contributed by atoms with van der Waals surface area (Å²) in [6.45, 7) is 6.22. The zero-order valence-electron chi connectivity index (χ0n) is 7.31. The summed E-state index contributed by atoms with van der Waals surface area (Å²) in [7, 11) is 3.39. The summed E-state index contributed by atoms with van der Waals surface area (Å²) in [4.78, 5) is 0. The third-order valence-corrected chi connectivity index (χ3v) is 5.53. The molecule has 0 bridgehead atoms. The van der Waals surface area contributed by atoms with Gasteiger partial charge in [-0.05, 0) is 5.92 Å². The fourth-order valence-corrected chi connectivity index (χ4v) is 4.88. The van der Waals surface area contributed by atoms with Gasteiger partial charge in [-0.15, -0.1) is 0 Å². The first kappa shape index (κ1) is 13.6.